The molecule has 1 N–H and O–H groups in total. The number of rotatable bonds is 7. The summed E-state index contributed by atoms with van der Waals surface area (Å²) in [5, 5.41) is 3.13. The molecule has 0 radical (unpaired) electrons. The highest BCUT2D eigenvalue weighted by atomic mass is 32.1. The summed E-state index contributed by atoms with van der Waals surface area (Å²) in [6, 6.07) is 0. The van der Waals surface area contributed by atoms with Crippen LogP contribution in [-0.2, 0) is 0 Å². The van der Waals surface area contributed by atoms with Crippen LogP contribution >= 0.6 is 12.2 Å². The average Bonchev–Trinajstić information content (AvgIpc) is 2.29. The van der Waals surface area contributed by atoms with Crippen molar-refractivity contribution in [3.63, 3.8) is 0 Å². The Hall–Kier alpha value is -0.740. The monoisotopic (exact) mass is 254 g/mol. The molecule has 1 aromatic rings. The van der Waals surface area contributed by atoms with E-state index in [2.05, 4.69) is 10.2 Å². The van der Waals surface area contributed by atoms with Gasteiger partial charge in [0.15, 0.2) is 0 Å². The molecule has 0 unspecified atom stereocenters. The van der Waals surface area contributed by atoms with E-state index in [0.29, 0.717) is 4.51 Å². The van der Waals surface area contributed by atoms with E-state index in [1.54, 1.807) is 0 Å². The summed E-state index contributed by atoms with van der Waals surface area (Å²) in [5.41, 5.74) is 1.99. The first kappa shape index (κ1) is 14.3. The fourth-order valence-electron chi connectivity index (χ4n) is 2.07. The van der Waals surface area contributed by atoms with Gasteiger partial charge in [-0.3, -0.25) is 4.79 Å². The maximum absolute atomic E-state index is 11.7. The van der Waals surface area contributed by atoms with Crippen molar-refractivity contribution in [2.24, 2.45) is 0 Å². The number of nitrogens with one attached hydrogen (secondary N) is 1. The van der Waals surface area contributed by atoms with Crippen LogP contribution < -0.4 is 15.6 Å². The maximum atomic E-state index is 11.7. The highest BCUT2D eigenvalue weighted by Gasteiger charge is 2.22. The molecule has 4 heteroatoms. The molecule has 0 fully saturated rings. The molecule has 0 saturated carbocycles. The first-order valence-electron chi connectivity index (χ1n) is 6.19. The standard InChI is InChI=1S/C13H22N2OS/c1-9(2)10-11(13(17)12(10)16)15(4)8-6-5-7-14-3/h9,14H,5-8H2,1-4H3. The number of hydrogen-bond donors (Lipinski definition) is 1. The number of hydrogen-bond acceptors (Lipinski definition) is 4. The minimum absolute atomic E-state index is 0.0760. The van der Waals surface area contributed by atoms with Gasteiger partial charge in [-0.2, -0.15) is 0 Å². The number of unbranched alkanes of at least 4 members (excludes halogenated alkanes) is 1. The number of anilines is 1. The van der Waals surface area contributed by atoms with Crippen molar-refractivity contribution in [1.82, 2.24) is 5.32 Å². The van der Waals surface area contributed by atoms with Crippen LogP contribution in [0.1, 0.15) is 38.2 Å². The van der Waals surface area contributed by atoms with E-state index < -0.39 is 0 Å². The predicted octanol–water partition coefficient (Wildman–Crippen LogP) is 2.21. The lowest BCUT2D eigenvalue weighted by molar-refractivity contribution is 0.667. The van der Waals surface area contributed by atoms with Crippen molar-refractivity contribution in [2.75, 3.05) is 32.1 Å². The van der Waals surface area contributed by atoms with Gasteiger partial charge >= 0.3 is 0 Å². The lowest BCUT2D eigenvalue weighted by Gasteiger charge is -2.26. The van der Waals surface area contributed by atoms with Crippen LogP contribution in [0.4, 0.5) is 5.69 Å². The van der Waals surface area contributed by atoms with Crippen molar-refractivity contribution in [1.29, 1.82) is 0 Å². The first-order valence-corrected chi connectivity index (χ1v) is 6.60. The zero-order chi connectivity index (χ0) is 13.0. The number of nitrogens with zero attached hydrogens (tertiary/aromatic N) is 1. The van der Waals surface area contributed by atoms with Gasteiger partial charge in [-0.05, 0) is 32.4 Å². The van der Waals surface area contributed by atoms with Crippen LogP contribution in [0.25, 0.3) is 0 Å². The molecule has 0 aromatic heterocycles. The third-order valence-electron chi connectivity index (χ3n) is 3.05. The van der Waals surface area contributed by atoms with Gasteiger partial charge in [0, 0.05) is 19.2 Å². The summed E-state index contributed by atoms with van der Waals surface area (Å²) < 4.78 is 0.518. The van der Waals surface area contributed by atoms with Gasteiger partial charge in [-0.25, -0.2) is 0 Å². The smallest absolute Gasteiger partial charge is 0.204 e. The first-order chi connectivity index (χ1) is 8.00. The second kappa shape index (κ2) is 6.26. The molecule has 17 heavy (non-hydrogen) atoms. The van der Waals surface area contributed by atoms with Crippen LogP contribution in [0.2, 0.25) is 0 Å². The van der Waals surface area contributed by atoms with E-state index in [4.69, 9.17) is 12.2 Å². The third kappa shape index (κ3) is 3.13. The topological polar surface area (TPSA) is 32.3 Å². The van der Waals surface area contributed by atoms with Crippen molar-refractivity contribution in [2.45, 2.75) is 32.6 Å². The molecule has 1 rings (SSSR count). The SMILES string of the molecule is CNCCCCN(C)c1c(C(C)C)c(=O)c1=S. The Morgan fingerprint density at radius 3 is 2.53 bits per heavy atom. The molecule has 0 aliphatic carbocycles. The lowest BCUT2D eigenvalue weighted by atomic mass is 9.95. The molecule has 3 nitrogen and oxygen atoms in total. The van der Waals surface area contributed by atoms with Crippen molar-refractivity contribution >= 4 is 17.9 Å². The Morgan fingerprint density at radius 2 is 2.00 bits per heavy atom. The Bertz CT molecular complexity index is 433. The molecule has 96 valence electrons. The molecule has 0 amide bonds. The van der Waals surface area contributed by atoms with Crippen LogP contribution in [0.5, 0.6) is 0 Å². The predicted molar refractivity (Wildman–Crippen MR) is 76.4 cm³/mol. The van der Waals surface area contributed by atoms with Crippen molar-refractivity contribution < 1.29 is 0 Å². The molecular formula is C13H22N2OS. The summed E-state index contributed by atoms with van der Waals surface area (Å²) >= 11 is 5.14. The molecule has 0 spiro atoms. The molecule has 1 aromatic carbocycles. The van der Waals surface area contributed by atoms with Crippen LogP contribution in [-0.4, -0.2) is 27.2 Å². The Kier molecular flexibility index (Phi) is 5.28. The van der Waals surface area contributed by atoms with Gasteiger partial charge < -0.3 is 10.2 Å². The van der Waals surface area contributed by atoms with E-state index in [9.17, 15) is 4.79 Å². The quantitative estimate of drug-likeness (QED) is 0.597. The fraction of sp³-hybridized carbons (Fsp3) is 0.692. The molecule has 0 aliphatic heterocycles. The van der Waals surface area contributed by atoms with Crippen LogP contribution in [0.3, 0.4) is 0 Å². The second-order valence-corrected chi connectivity index (χ2v) is 5.22. The highest BCUT2D eigenvalue weighted by molar-refractivity contribution is 7.71. The van der Waals surface area contributed by atoms with Crippen LogP contribution in [0, 0.1) is 4.51 Å². The largest absolute Gasteiger partial charge is 0.373 e. The van der Waals surface area contributed by atoms with Gasteiger partial charge in [-0.15, -0.1) is 0 Å². The van der Waals surface area contributed by atoms with Crippen LogP contribution in [0.15, 0.2) is 4.79 Å². The summed E-state index contributed by atoms with van der Waals surface area (Å²) in [5.74, 6) is 0.268. The van der Waals surface area contributed by atoms with Gasteiger partial charge in [0.05, 0.1) is 5.69 Å². The fourth-order valence-corrected chi connectivity index (χ4v) is 2.45. The van der Waals surface area contributed by atoms with E-state index in [1.807, 2.05) is 27.9 Å². The van der Waals surface area contributed by atoms with E-state index >= 15 is 0 Å². The molecule has 0 atom stereocenters. The van der Waals surface area contributed by atoms with Crippen molar-refractivity contribution in [3.05, 3.63) is 20.3 Å². The summed E-state index contributed by atoms with van der Waals surface area (Å²) in [6.45, 7) is 6.08. The van der Waals surface area contributed by atoms with Crippen molar-refractivity contribution in [3.8, 4) is 0 Å². The summed E-state index contributed by atoms with van der Waals surface area (Å²) in [6.07, 6.45) is 2.26. The molecule has 0 bridgehead atoms. The molecule has 0 aliphatic rings. The normalized spacial score (nSPS) is 11.4. The summed E-state index contributed by atoms with van der Waals surface area (Å²) in [4.78, 5) is 13.8. The molecule has 0 saturated heterocycles. The Morgan fingerprint density at radius 1 is 1.35 bits per heavy atom. The van der Waals surface area contributed by atoms with E-state index in [1.165, 1.54) is 0 Å². The zero-order valence-electron chi connectivity index (χ0n) is 11.2. The Labute approximate surface area is 109 Å². The maximum Gasteiger partial charge on any atom is 0.204 e. The van der Waals surface area contributed by atoms with Gasteiger partial charge in [0.2, 0.25) is 5.43 Å². The van der Waals surface area contributed by atoms with Gasteiger partial charge in [0.1, 0.15) is 4.51 Å². The highest BCUT2D eigenvalue weighted by Crippen LogP contribution is 2.28. The zero-order valence-corrected chi connectivity index (χ0v) is 12.0. The average molecular weight is 254 g/mol. The van der Waals surface area contributed by atoms with E-state index in [0.717, 1.165) is 37.2 Å². The molecular weight excluding hydrogens is 232 g/mol. The minimum atomic E-state index is 0.0760. The van der Waals surface area contributed by atoms with Gasteiger partial charge in [-0.1, -0.05) is 26.1 Å². The summed E-state index contributed by atoms with van der Waals surface area (Å²) in [7, 11) is 3.98. The third-order valence-corrected chi connectivity index (χ3v) is 3.43. The van der Waals surface area contributed by atoms with Gasteiger partial charge in [0.25, 0.3) is 0 Å². The minimum Gasteiger partial charge on any atom is -0.373 e. The molecule has 0 heterocycles. The van der Waals surface area contributed by atoms with E-state index in [-0.39, 0.29) is 11.3 Å². The second-order valence-electron chi connectivity index (χ2n) is 4.81. The Balaban J connectivity index is 2.64. The lowest BCUT2D eigenvalue weighted by Crippen LogP contribution is -2.30.